The zero-order chi connectivity index (χ0) is 22.1. The maximum absolute atomic E-state index is 12.8. The molecule has 2 aromatic carbocycles. The zero-order valence-corrected chi connectivity index (χ0v) is 18.6. The van der Waals surface area contributed by atoms with Crippen molar-refractivity contribution in [1.29, 1.82) is 0 Å². The number of hydrogen-bond acceptors (Lipinski definition) is 4. The molecule has 6 nitrogen and oxygen atoms in total. The van der Waals surface area contributed by atoms with Gasteiger partial charge in [0, 0.05) is 23.7 Å². The van der Waals surface area contributed by atoms with E-state index < -0.39 is 17.7 Å². The van der Waals surface area contributed by atoms with Crippen LogP contribution in [0.5, 0.6) is 0 Å². The van der Waals surface area contributed by atoms with Crippen molar-refractivity contribution >= 4 is 29.3 Å². The summed E-state index contributed by atoms with van der Waals surface area (Å²) in [4.78, 5) is 25.0. The summed E-state index contributed by atoms with van der Waals surface area (Å²) in [5.74, 6) is -0.356. The van der Waals surface area contributed by atoms with Gasteiger partial charge in [-0.05, 0) is 57.0 Å². The SMILES string of the molecule is Cc1cc(NC(=O)[C@H](CCOCc2ccccc2)NC(=O)OC(C)(C)C)ccc1Cl. The van der Waals surface area contributed by atoms with Gasteiger partial charge in [-0.15, -0.1) is 0 Å². The van der Waals surface area contributed by atoms with Crippen LogP contribution >= 0.6 is 11.6 Å². The second kappa shape index (κ2) is 11.0. The van der Waals surface area contributed by atoms with Crippen LogP contribution < -0.4 is 10.6 Å². The van der Waals surface area contributed by atoms with Gasteiger partial charge in [0.25, 0.3) is 0 Å². The standard InChI is InChI=1S/C23H29ClN2O4/c1-16-14-18(10-11-19(16)24)25-21(27)20(26-22(28)30-23(2,3)4)12-13-29-15-17-8-6-5-7-9-17/h5-11,14,20H,12-13,15H2,1-4H3,(H,25,27)(H,26,28)/t20-/m0/s1. The Bertz CT molecular complexity index is 850. The van der Waals surface area contributed by atoms with Crippen molar-refractivity contribution in [3.05, 3.63) is 64.7 Å². The number of rotatable bonds is 8. The van der Waals surface area contributed by atoms with Crippen molar-refractivity contribution in [2.75, 3.05) is 11.9 Å². The molecule has 0 unspecified atom stereocenters. The van der Waals surface area contributed by atoms with Crippen LogP contribution in [0.4, 0.5) is 10.5 Å². The molecule has 2 amide bonds. The van der Waals surface area contributed by atoms with Crippen LogP contribution in [0.15, 0.2) is 48.5 Å². The van der Waals surface area contributed by atoms with Crippen molar-refractivity contribution in [1.82, 2.24) is 5.32 Å². The second-order valence-electron chi connectivity index (χ2n) is 7.98. The monoisotopic (exact) mass is 432 g/mol. The molecule has 1 atom stereocenters. The van der Waals surface area contributed by atoms with Gasteiger partial charge in [0.1, 0.15) is 11.6 Å². The molecule has 0 saturated heterocycles. The predicted molar refractivity (Wildman–Crippen MR) is 119 cm³/mol. The van der Waals surface area contributed by atoms with Crippen LogP contribution in [0.25, 0.3) is 0 Å². The number of ether oxygens (including phenoxy) is 2. The van der Waals surface area contributed by atoms with E-state index in [0.717, 1.165) is 11.1 Å². The topological polar surface area (TPSA) is 76.7 Å². The summed E-state index contributed by atoms with van der Waals surface area (Å²) in [6.07, 6.45) is -0.359. The van der Waals surface area contributed by atoms with E-state index in [9.17, 15) is 9.59 Å². The third kappa shape index (κ3) is 8.43. The number of anilines is 1. The van der Waals surface area contributed by atoms with Crippen LogP contribution in [0.2, 0.25) is 5.02 Å². The number of carbonyl (C=O) groups is 2. The molecule has 162 valence electrons. The number of hydrogen-bond donors (Lipinski definition) is 2. The summed E-state index contributed by atoms with van der Waals surface area (Å²) in [7, 11) is 0. The van der Waals surface area contributed by atoms with E-state index in [4.69, 9.17) is 21.1 Å². The van der Waals surface area contributed by atoms with Crippen molar-refractivity contribution in [2.24, 2.45) is 0 Å². The number of benzene rings is 2. The molecule has 0 aliphatic carbocycles. The normalized spacial score (nSPS) is 12.2. The first-order valence-corrected chi connectivity index (χ1v) is 10.2. The Morgan fingerprint density at radius 2 is 1.80 bits per heavy atom. The summed E-state index contributed by atoms with van der Waals surface area (Å²) in [5, 5.41) is 6.07. The lowest BCUT2D eigenvalue weighted by Gasteiger charge is -2.23. The lowest BCUT2D eigenvalue weighted by Crippen LogP contribution is -2.46. The fraction of sp³-hybridized carbons (Fsp3) is 0.391. The molecule has 0 bridgehead atoms. The molecule has 30 heavy (non-hydrogen) atoms. The van der Waals surface area contributed by atoms with Crippen molar-refractivity contribution in [3.63, 3.8) is 0 Å². The van der Waals surface area contributed by atoms with Crippen molar-refractivity contribution in [3.8, 4) is 0 Å². The summed E-state index contributed by atoms with van der Waals surface area (Å²) in [6.45, 7) is 7.87. The number of nitrogens with one attached hydrogen (secondary N) is 2. The fourth-order valence-electron chi connectivity index (χ4n) is 2.64. The molecule has 0 saturated carbocycles. The molecule has 0 aromatic heterocycles. The first-order valence-electron chi connectivity index (χ1n) is 9.82. The van der Waals surface area contributed by atoms with E-state index in [1.165, 1.54) is 0 Å². The minimum Gasteiger partial charge on any atom is -0.444 e. The molecule has 0 aliphatic heterocycles. The maximum Gasteiger partial charge on any atom is 0.408 e. The minimum atomic E-state index is -0.813. The molecule has 0 aliphatic rings. The van der Waals surface area contributed by atoms with Crippen LogP contribution in [0, 0.1) is 6.92 Å². The maximum atomic E-state index is 12.8. The van der Waals surface area contributed by atoms with E-state index in [-0.39, 0.29) is 5.91 Å². The highest BCUT2D eigenvalue weighted by atomic mass is 35.5. The summed E-state index contributed by atoms with van der Waals surface area (Å²) in [6, 6.07) is 14.1. The van der Waals surface area contributed by atoms with Crippen LogP contribution in [0.3, 0.4) is 0 Å². The lowest BCUT2D eigenvalue weighted by atomic mass is 10.1. The van der Waals surface area contributed by atoms with Gasteiger partial charge in [-0.25, -0.2) is 4.79 Å². The molecule has 2 N–H and O–H groups in total. The minimum absolute atomic E-state index is 0.294. The Morgan fingerprint density at radius 1 is 1.10 bits per heavy atom. The number of halogens is 1. The first-order chi connectivity index (χ1) is 14.1. The number of aryl methyl sites for hydroxylation is 1. The molecular weight excluding hydrogens is 404 g/mol. The predicted octanol–water partition coefficient (Wildman–Crippen LogP) is 5.09. The average Bonchev–Trinajstić information content (AvgIpc) is 2.66. The average molecular weight is 433 g/mol. The van der Waals surface area contributed by atoms with Crippen LogP contribution in [-0.2, 0) is 20.9 Å². The molecule has 7 heteroatoms. The van der Waals surface area contributed by atoms with E-state index >= 15 is 0 Å². The highest BCUT2D eigenvalue weighted by Crippen LogP contribution is 2.19. The van der Waals surface area contributed by atoms with Crippen molar-refractivity contribution in [2.45, 2.75) is 52.4 Å². The van der Waals surface area contributed by atoms with Gasteiger partial charge in [0.05, 0.1) is 6.61 Å². The largest absolute Gasteiger partial charge is 0.444 e. The molecule has 0 heterocycles. The van der Waals surface area contributed by atoms with Gasteiger partial charge in [0.15, 0.2) is 0 Å². The number of amides is 2. The molecule has 2 rings (SSSR count). The molecular formula is C23H29ClN2O4. The highest BCUT2D eigenvalue weighted by molar-refractivity contribution is 6.31. The van der Waals surface area contributed by atoms with Crippen molar-refractivity contribution < 1.29 is 19.1 Å². The van der Waals surface area contributed by atoms with Crippen LogP contribution in [-0.4, -0.2) is 30.3 Å². The number of alkyl carbamates (subject to hydrolysis) is 1. The van der Waals surface area contributed by atoms with E-state index in [1.54, 1.807) is 39.0 Å². The second-order valence-corrected chi connectivity index (χ2v) is 8.39. The van der Waals surface area contributed by atoms with Gasteiger partial charge >= 0.3 is 6.09 Å². The highest BCUT2D eigenvalue weighted by Gasteiger charge is 2.24. The Morgan fingerprint density at radius 3 is 2.43 bits per heavy atom. The Kier molecular flexibility index (Phi) is 8.69. The summed E-state index contributed by atoms with van der Waals surface area (Å²) in [5.41, 5.74) is 1.82. The Hall–Kier alpha value is -2.57. The Balaban J connectivity index is 1.98. The van der Waals surface area contributed by atoms with E-state index in [1.807, 2.05) is 37.3 Å². The third-order valence-corrected chi connectivity index (χ3v) is 4.52. The smallest absolute Gasteiger partial charge is 0.408 e. The molecule has 0 radical (unpaired) electrons. The zero-order valence-electron chi connectivity index (χ0n) is 17.8. The van der Waals surface area contributed by atoms with E-state index in [0.29, 0.717) is 30.3 Å². The van der Waals surface area contributed by atoms with E-state index in [2.05, 4.69) is 10.6 Å². The van der Waals surface area contributed by atoms with Crippen LogP contribution in [0.1, 0.15) is 38.3 Å². The van der Waals surface area contributed by atoms with Gasteiger partial charge in [-0.2, -0.15) is 0 Å². The Labute approximate surface area is 182 Å². The molecule has 2 aromatic rings. The van der Waals surface area contributed by atoms with Gasteiger partial charge < -0.3 is 20.1 Å². The molecule has 0 fully saturated rings. The fourth-order valence-corrected chi connectivity index (χ4v) is 2.75. The molecule has 0 spiro atoms. The van der Waals surface area contributed by atoms with Gasteiger partial charge in [-0.1, -0.05) is 41.9 Å². The summed E-state index contributed by atoms with van der Waals surface area (Å²) < 4.78 is 11.0. The van der Waals surface area contributed by atoms with Gasteiger partial charge in [-0.3, -0.25) is 4.79 Å². The number of carbonyl (C=O) groups excluding carboxylic acids is 2. The summed E-state index contributed by atoms with van der Waals surface area (Å²) >= 11 is 6.04. The quantitative estimate of drug-likeness (QED) is 0.570. The first kappa shape index (κ1) is 23.7. The van der Waals surface area contributed by atoms with Gasteiger partial charge in [0.2, 0.25) is 5.91 Å². The third-order valence-electron chi connectivity index (χ3n) is 4.10. The lowest BCUT2D eigenvalue weighted by molar-refractivity contribution is -0.118.